The maximum absolute atomic E-state index is 12.6. The zero-order valence-electron chi connectivity index (χ0n) is 12.6. The van der Waals surface area contributed by atoms with E-state index in [1.807, 2.05) is 24.8 Å². The van der Waals surface area contributed by atoms with Crippen molar-refractivity contribution in [2.24, 2.45) is 0 Å². The van der Waals surface area contributed by atoms with E-state index in [1.165, 1.54) is 6.92 Å². The van der Waals surface area contributed by atoms with E-state index < -0.39 is 6.04 Å². The molecule has 0 saturated carbocycles. The molecule has 4 nitrogen and oxygen atoms in total. The molecule has 0 spiro atoms. The van der Waals surface area contributed by atoms with Gasteiger partial charge in [-0.15, -0.1) is 0 Å². The standard InChI is InChI=1S/C16H22N2O2/c1-5-6-7-18-15-11(3)8-10(2)9-13(15)14(16(18)20)17-12(4)19/h8-9,14H,5-7H2,1-4H3,(H,17,19). The summed E-state index contributed by atoms with van der Waals surface area (Å²) in [5.41, 5.74) is 4.12. The molecule has 0 fully saturated rings. The maximum atomic E-state index is 12.6. The summed E-state index contributed by atoms with van der Waals surface area (Å²) in [7, 11) is 0. The van der Waals surface area contributed by atoms with Gasteiger partial charge >= 0.3 is 0 Å². The highest BCUT2D eigenvalue weighted by atomic mass is 16.2. The lowest BCUT2D eigenvalue weighted by atomic mass is 10.0. The van der Waals surface area contributed by atoms with Gasteiger partial charge in [-0.05, 0) is 25.8 Å². The minimum atomic E-state index is -0.530. The Kier molecular flexibility index (Phi) is 4.12. The Labute approximate surface area is 120 Å². The number of anilines is 1. The molecular weight excluding hydrogens is 252 g/mol. The van der Waals surface area contributed by atoms with Crippen molar-refractivity contribution in [3.05, 3.63) is 28.8 Å². The number of fused-ring (bicyclic) bond motifs is 1. The van der Waals surface area contributed by atoms with Crippen molar-refractivity contribution in [2.45, 2.75) is 46.6 Å². The monoisotopic (exact) mass is 274 g/mol. The van der Waals surface area contributed by atoms with Crippen molar-refractivity contribution in [1.29, 1.82) is 0 Å². The Bertz CT molecular complexity index is 552. The lowest BCUT2D eigenvalue weighted by Crippen LogP contribution is -2.37. The van der Waals surface area contributed by atoms with Crippen LogP contribution in [0.15, 0.2) is 12.1 Å². The molecule has 1 aliphatic heterocycles. The molecule has 4 heteroatoms. The normalized spacial score (nSPS) is 17.3. The molecule has 1 aromatic rings. The molecule has 1 N–H and O–H groups in total. The average molecular weight is 274 g/mol. The van der Waals surface area contributed by atoms with E-state index in [1.54, 1.807) is 0 Å². The first-order chi connectivity index (χ1) is 9.45. The van der Waals surface area contributed by atoms with Crippen LogP contribution in [-0.2, 0) is 9.59 Å². The Morgan fingerprint density at radius 3 is 2.65 bits per heavy atom. The van der Waals surface area contributed by atoms with Crippen LogP contribution in [0.3, 0.4) is 0 Å². The van der Waals surface area contributed by atoms with Gasteiger partial charge in [0.2, 0.25) is 5.91 Å². The van der Waals surface area contributed by atoms with E-state index in [4.69, 9.17) is 0 Å². The molecule has 2 rings (SSSR count). The fourth-order valence-electron chi connectivity index (χ4n) is 2.86. The number of carbonyl (C=O) groups is 2. The summed E-state index contributed by atoms with van der Waals surface area (Å²) in [5.74, 6) is -0.192. The van der Waals surface area contributed by atoms with Crippen LogP contribution in [0.5, 0.6) is 0 Å². The molecule has 0 saturated heterocycles. The fraction of sp³-hybridized carbons (Fsp3) is 0.500. The number of amides is 2. The van der Waals surface area contributed by atoms with Crippen molar-refractivity contribution >= 4 is 17.5 Å². The summed E-state index contributed by atoms with van der Waals surface area (Å²) in [6, 6.07) is 3.56. The van der Waals surface area contributed by atoms with E-state index in [9.17, 15) is 9.59 Å². The van der Waals surface area contributed by atoms with Gasteiger partial charge in [-0.3, -0.25) is 9.59 Å². The Balaban J connectivity index is 2.46. The van der Waals surface area contributed by atoms with Crippen molar-refractivity contribution in [3.63, 3.8) is 0 Å². The molecule has 0 bridgehead atoms. The smallest absolute Gasteiger partial charge is 0.254 e. The zero-order valence-corrected chi connectivity index (χ0v) is 12.6. The number of carbonyl (C=O) groups excluding carboxylic acids is 2. The molecule has 20 heavy (non-hydrogen) atoms. The van der Waals surface area contributed by atoms with Crippen molar-refractivity contribution in [1.82, 2.24) is 5.32 Å². The SMILES string of the molecule is CCCCN1C(=O)C(NC(C)=O)c2cc(C)cc(C)c21. The van der Waals surface area contributed by atoms with Gasteiger partial charge in [-0.1, -0.05) is 31.0 Å². The van der Waals surface area contributed by atoms with E-state index >= 15 is 0 Å². The summed E-state index contributed by atoms with van der Waals surface area (Å²) >= 11 is 0. The van der Waals surface area contributed by atoms with E-state index in [0.717, 1.165) is 35.2 Å². The van der Waals surface area contributed by atoms with Gasteiger partial charge in [-0.25, -0.2) is 0 Å². The number of unbranched alkanes of at least 4 members (excludes halogenated alkanes) is 1. The van der Waals surface area contributed by atoms with Gasteiger partial charge in [0.15, 0.2) is 0 Å². The number of rotatable bonds is 4. The minimum absolute atomic E-state index is 0.0163. The van der Waals surface area contributed by atoms with E-state index in [0.29, 0.717) is 6.54 Å². The summed E-state index contributed by atoms with van der Waals surface area (Å²) in [6.07, 6.45) is 2.00. The van der Waals surface area contributed by atoms with Gasteiger partial charge in [0, 0.05) is 19.0 Å². The molecule has 108 valence electrons. The van der Waals surface area contributed by atoms with Crippen LogP contribution in [0.2, 0.25) is 0 Å². The first kappa shape index (κ1) is 14.6. The van der Waals surface area contributed by atoms with Crippen LogP contribution in [0.4, 0.5) is 5.69 Å². The van der Waals surface area contributed by atoms with E-state index in [-0.39, 0.29) is 11.8 Å². The first-order valence-electron chi connectivity index (χ1n) is 7.15. The number of hydrogen-bond acceptors (Lipinski definition) is 2. The fourth-order valence-corrected chi connectivity index (χ4v) is 2.86. The molecular formula is C16H22N2O2. The van der Waals surface area contributed by atoms with Crippen molar-refractivity contribution in [2.75, 3.05) is 11.4 Å². The molecule has 2 amide bonds. The first-order valence-corrected chi connectivity index (χ1v) is 7.15. The third-order valence-corrected chi connectivity index (χ3v) is 3.65. The lowest BCUT2D eigenvalue weighted by Gasteiger charge is -2.19. The van der Waals surface area contributed by atoms with Crippen molar-refractivity contribution < 1.29 is 9.59 Å². The van der Waals surface area contributed by atoms with Gasteiger partial charge in [-0.2, -0.15) is 0 Å². The lowest BCUT2D eigenvalue weighted by molar-refractivity contribution is -0.126. The predicted octanol–water partition coefficient (Wildman–Crippen LogP) is 2.63. The third-order valence-electron chi connectivity index (χ3n) is 3.65. The highest BCUT2D eigenvalue weighted by Crippen LogP contribution is 2.39. The van der Waals surface area contributed by atoms with Gasteiger partial charge in [0.25, 0.3) is 5.91 Å². The zero-order chi connectivity index (χ0) is 14.9. The largest absolute Gasteiger partial charge is 0.341 e. The second-order valence-corrected chi connectivity index (χ2v) is 5.50. The number of nitrogens with zero attached hydrogens (tertiary/aromatic N) is 1. The highest BCUT2D eigenvalue weighted by Gasteiger charge is 2.38. The van der Waals surface area contributed by atoms with Crippen LogP contribution in [-0.4, -0.2) is 18.4 Å². The highest BCUT2D eigenvalue weighted by molar-refractivity contribution is 6.06. The molecule has 1 aliphatic rings. The summed E-state index contributed by atoms with van der Waals surface area (Å²) in [5, 5.41) is 2.78. The quantitative estimate of drug-likeness (QED) is 0.917. The summed E-state index contributed by atoms with van der Waals surface area (Å²) in [4.78, 5) is 25.8. The minimum Gasteiger partial charge on any atom is -0.341 e. The van der Waals surface area contributed by atoms with Crippen LogP contribution in [0.25, 0.3) is 0 Å². The Morgan fingerprint density at radius 2 is 2.05 bits per heavy atom. The topological polar surface area (TPSA) is 49.4 Å². The summed E-state index contributed by atoms with van der Waals surface area (Å²) in [6.45, 7) is 8.30. The van der Waals surface area contributed by atoms with E-state index in [2.05, 4.69) is 18.3 Å². The van der Waals surface area contributed by atoms with Crippen LogP contribution in [0, 0.1) is 13.8 Å². The average Bonchev–Trinajstić information content (AvgIpc) is 2.60. The van der Waals surface area contributed by atoms with Crippen LogP contribution < -0.4 is 10.2 Å². The molecule has 0 aliphatic carbocycles. The number of hydrogen-bond donors (Lipinski definition) is 1. The van der Waals surface area contributed by atoms with Gasteiger partial charge in [0.05, 0.1) is 5.69 Å². The molecule has 1 heterocycles. The van der Waals surface area contributed by atoms with Crippen molar-refractivity contribution in [3.8, 4) is 0 Å². The number of benzene rings is 1. The molecule has 1 atom stereocenters. The predicted molar refractivity (Wildman–Crippen MR) is 79.7 cm³/mol. The second kappa shape index (κ2) is 5.65. The van der Waals surface area contributed by atoms with Gasteiger partial charge in [0.1, 0.15) is 6.04 Å². The summed E-state index contributed by atoms with van der Waals surface area (Å²) < 4.78 is 0. The Morgan fingerprint density at radius 1 is 1.35 bits per heavy atom. The third kappa shape index (κ3) is 2.55. The molecule has 1 unspecified atom stereocenters. The maximum Gasteiger partial charge on any atom is 0.254 e. The molecule has 0 radical (unpaired) electrons. The Hall–Kier alpha value is -1.84. The van der Waals surface area contributed by atoms with Crippen LogP contribution in [0.1, 0.15) is 49.4 Å². The van der Waals surface area contributed by atoms with Gasteiger partial charge < -0.3 is 10.2 Å². The second-order valence-electron chi connectivity index (χ2n) is 5.50. The molecule has 0 aromatic heterocycles. The number of nitrogens with one attached hydrogen (secondary N) is 1. The number of aryl methyl sites for hydroxylation is 2. The molecule has 1 aromatic carbocycles. The van der Waals surface area contributed by atoms with Crippen LogP contribution >= 0.6 is 0 Å².